The molecule has 0 aromatic carbocycles. The molecular weight excluding hydrogens is 388 g/mol. The number of nitrogens with two attached hydrogens (primary N) is 1. The number of thiocarbonyl (C=S) groups is 2. The second-order valence-corrected chi connectivity index (χ2v) is 11.7. The maximum Gasteiger partial charge on any atom is 0.257 e. The van der Waals surface area contributed by atoms with E-state index in [4.69, 9.17) is 17.3 Å². The van der Waals surface area contributed by atoms with Crippen LogP contribution >= 0.6 is 24.4 Å². The highest BCUT2D eigenvalue weighted by molar-refractivity contribution is 7.80. The highest BCUT2D eigenvalue weighted by atomic mass is 32.1. The van der Waals surface area contributed by atoms with Crippen LogP contribution in [0.1, 0.15) is 64.2 Å². The van der Waals surface area contributed by atoms with Gasteiger partial charge in [0.15, 0.2) is 0 Å². The molecule has 0 aliphatic heterocycles. The van der Waals surface area contributed by atoms with Crippen LogP contribution in [0.3, 0.4) is 0 Å². The van der Waals surface area contributed by atoms with Gasteiger partial charge in [0, 0.05) is 12.1 Å². The average molecular weight is 423 g/mol. The predicted octanol–water partition coefficient (Wildman–Crippen LogP) is 4.57. The lowest BCUT2D eigenvalue weighted by Crippen LogP contribution is -2.65. The molecule has 0 saturated heterocycles. The first kappa shape index (κ1) is 19.3. The van der Waals surface area contributed by atoms with Crippen molar-refractivity contribution in [2.24, 2.45) is 53.1 Å². The molecule has 8 fully saturated rings. The fourth-order valence-electron chi connectivity index (χ4n) is 9.16. The Morgan fingerprint density at radius 3 is 1.07 bits per heavy atom. The van der Waals surface area contributed by atoms with Gasteiger partial charge in [-0.15, -0.1) is 0 Å². The summed E-state index contributed by atoms with van der Waals surface area (Å²) in [6.07, 6.45) is 14.4. The van der Waals surface area contributed by atoms with Gasteiger partial charge in [-0.05, 0) is 136 Å². The molecule has 0 atom stereocenters. The molecule has 0 spiro atoms. The Bertz CT molecular complexity index is 552. The largest absolute Gasteiger partial charge is 0.487 e. The lowest BCUT2D eigenvalue weighted by atomic mass is 9.51. The summed E-state index contributed by atoms with van der Waals surface area (Å²) < 4.78 is 0. The number of rotatable bonds is 2. The second-order valence-electron chi connectivity index (χ2n) is 10.9. The molecule has 8 aliphatic carbocycles. The number of hydrogen-bond donors (Lipinski definition) is 3. The first-order valence-electron chi connectivity index (χ1n) is 11.4. The van der Waals surface area contributed by atoms with Crippen LogP contribution in [0.15, 0.2) is 0 Å². The van der Waals surface area contributed by atoms with Crippen molar-refractivity contribution in [3.63, 3.8) is 0 Å². The molecule has 0 heterocycles. The fraction of sp³-hybridized carbons (Fsp3) is 0.909. The highest BCUT2D eigenvalue weighted by Gasteiger charge is 2.56. The Morgan fingerprint density at radius 2 is 0.857 bits per heavy atom. The molecule has 0 unspecified atom stereocenters. The third kappa shape index (κ3) is 3.32. The summed E-state index contributed by atoms with van der Waals surface area (Å²) in [6, 6.07) is 1.16. The zero-order valence-electron chi connectivity index (χ0n) is 16.6. The summed E-state index contributed by atoms with van der Waals surface area (Å²) >= 11 is 9.37. The van der Waals surface area contributed by atoms with Gasteiger partial charge >= 0.3 is 0 Å². The number of hydrogen-bond acceptors (Lipinski definition) is 2. The van der Waals surface area contributed by atoms with E-state index in [0.29, 0.717) is 12.1 Å². The Morgan fingerprint density at radius 1 is 0.607 bits per heavy atom. The minimum absolute atomic E-state index is 0.255. The van der Waals surface area contributed by atoms with Crippen LogP contribution in [0.2, 0.25) is 0 Å². The van der Waals surface area contributed by atoms with E-state index in [9.17, 15) is 5.11 Å². The lowest BCUT2D eigenvalue weighted by molar-refractivity contribution is -0.109. The van der Waals surface area contributed by atoms with Crippen LogP contribution in [0.5, 0.6) is 0 Å². The minimum atomic E-state index is -0.500. The average Bonchev–Trinajstić information content (AvgIpc) is 2.57. The van der Waals surface area contributed by atoms with Crippen molar-refractivity contribution >= 4 is 34.8 Å². The normalized spacial score (nSPS) is 49.4. The van der Waals surface area contributed by atoms with Gasteiger partial charge in [-0.25, -0.2) is 0 Å². The molecule has 8 aliphatic rings. The quantitative estimate of drug-likeness (QED) is 0.567. The van der Waals surface area contributed by atoms with Crippen LogP contribution < -0.4 is 5.73 Å². The molecule has 8 bridgehead atoms. The maximum atomic E-state index is 10.6. The molecule has 28 heavy (non-hydrogen) atoms. The molecule has 8 saturated carbocycles. The van der Waals surface area contributed by atoms with E-state index >= 15 is 0 Å². The molecule has 4 N–H and O–H groups in total. The maximum absolute atomic E-state index is 10.6. The van der Waals surface area contributed by atoms with Gasteiger partial charge in [-0.2, -0.15) is 0 Å². The summed E-state index contributed by atoms with van der Waals surface area (Å²) in [4.78, 5) is 2.47. The topological polar surface area (TPSA) is 69.7 Å². The van der Waals surface area contributed by atoms with Gasteiger partial charge in [0.05, 0.1) is 0 Å². The van der Waals surface area contributed by atoms with Crippen molar-refractivity contribution in [2.75, 3.05) is 0 Å². The van der Waals surface area contributed by atoms with Crippen molar-refractivity contribution in [1.29, 1.82) is 0 Å². The molecule has 156 valence electrons. The smallest absolute Gasteiger partial charge is 0.257 e. The molecule has 8 rings (SSSR count). The first-order valence-corrected chi connectivity index (χ1v) is 12.2. The SMILES string of the molecule is NC(O)=S.OC(=S)N(C1C2CC3CC(C2)CC1C3)C1C2CC3CC(C2)CC1C3. The Kier molecular flexibility index (Phi) is 5.02. The van der Waals surface area contributed by atoms with Gasteiger partial charge in [0.2, 0.25) is 0 Å². The Balaban J connectivity index is 0.000000393. The predicted molar refractivity (Wildman–Crippen MR) is 118 cm³/mol. The second kappa shape index (κ2) is 7.26. The van der Waals surface area contributed by atoms with Crippen LogP contribution in [0.4, 0.5) is 0 Å². The fourth-order valence-corrected chi connectivity index (χ4v) is 9.40. The van der Waals surface area contributed by atoms with E-state index in [0.717, 1.165) is 47.3 Å². The van der Waals surface area contributed by atoms with Gasteiger partial charge in [-0.1, -0.05) is 0 Å². The Labute approximate surface area is 179 Å². The zero-order valence-corrected chi connectivity index (χ0v) is 18.2. The molecule has 0 aromatic heterocycles. The van der Waals surface area contributed by atoms with Gasteiger partial charge in [-0.3, -0.25) is 0 Å². The third-order valence-corrected chi connectivity index (χ3v) is 9.43. The summed E-state index contributed by atoms with van der Waals surface area (Å²) in [7, 11) is 0. The van der Waals surface area contributed by atoms with Gasteiger partial charge < -0.3 is 20.8 Å². The van der Waals surface area contributed by atoms with Crippen LogP contribution in [-0.4, -0.2) is 37.5 Å². The van der Waals surface area contributed by atoms with E-state index < -0.39 is 5.17 Å². The van der Waals surface area contributed by atoms with Crippen molar-refractivity contribution < 1.29 is 10.2 Å². The van der Waals surface area contributed by atoms with Crippen LogP contribution in [0, 0.1) is 47.3 Å². The van der Waals surface area contributed by atoms with Crippen molar-refractivity contribution in [2.45, 2.75) is 76.3 Å². The summed E-state index contributed by atoms with van der Waals surface area (Å²) in [5.74, 6) is 7.28. The number of aliphatic hydroxyl groups is 2. The summed E-state index contributed by atoms with van der Waals surface area (Å²) in [6.45, 7) is 0. The third-order valence-electron chi connectivity index (χ3n) is 9.22. The van der Waals surface area contributed by atoms with E-state index in [2.05, 4.69) is 22.9 Å². The lowest BCUT2D eigenvalue weighted by Gasteiger charge is -2.63. The molecule has 0 amide bonds. The van der Waals surface area contributed by atoms with Crippen LogP contribution in [-0.2, 0) is 0 Å². The monoisotopic (exact) mass is 422 g/mol. The first-order chi connectivity index (χ1) is 13.4. The van der Waals surface area contributed by atoms with Crippen molar-refractivity contribution in [3.05, 3.63) is 0 Å². The number of nitrogens with zero attached hydrogens (tertiary/aromatic N) is 1. The molecule has 0 radical (unpaired) electrons. The van der Waals surface area contributed by atoms with Gasteiger partial charge in [0.1, 0.15) is 0 Å². The minimum Gasteiger partial charge on any atom is -0.487 e. The Hall–Kier alpha value is -0.620. The molecule has 0 aromatic rings. The molecule has 6 heteroatoms. The van der Waals surface area contributed by atoms with E-state index in [1.54, 1.807) is 0 Å². The highest BCUT2D eigenvalue weighted by Crippen LogP contribution is 2.59. The number of aliphatic hydroxyl groups excluding tert-OH is 2. The van der Waals surface area contributed by atoms with Crippen LogP contribution in [0.25, 0.3) is 0 Å². The van der Waals surface area contributed by atoms with E-state index in [1.807, 2.05) is 0 Å². The van der Waals surface area contributed by atoms with E-state index in [1.165, 1.54) is 64.2 Å². The van der Waals surface area contributed by atoms with E-state index in [-0.39, 0.29) is 5.17 Å². The molecular formula is C22H34N2O2S2. The summed E-state index contributed by atoms with van der Waals surface area (Å²) in [5, 5.41) is 18.0. The van der Waals surface area contributed by atoms with Crippen molar-refractivity contribution in [1.82, 2.24) is 4.90 Å². The van der Waals surface area contributed by atoms with Gasteiger partial charge in [0.25, 0.3) is 10.3 Å². The molecule has 4 nitrogen and oxygen atoms in total. The zero-order chi connectivity index (χ0) is 19.6. The standard InChI is InChI=1S/C21H31NOS.CH3NOS/c23-21(24)22(19-15-3-11-1-12(5-15)6-16(19)4-11)20-17-7-13-2-14(9-17)10-18(20)8-13;2-1(3)4/h11-20H,1-10H2,(H,23,24);(H3,2,3,4). The van der Waals surface area contributed by atoms with Crippen molar-refractivity contribution in [3.8, 4) is 0 Å². The summed E-state index contributed by atoms with van der Waals surface area (Å²) in [5.41, 5.74) is 4.40.